The fourth-order valence-corrected chi connectivity index (χ4v) is 3.72. The summed E-state index contributed by atoms with van der Waals surface area (Å²) in [7, 11) is 1.35. The van der Waals surface area contributed by atoms with Crippen LogP contribution in [-0.4, -0.2) is 85.2 Å². The van der Waals surface area contributed by atoms with E-state index in [1.165, 1.54) is 7.11 Å². The highest BCUT2D eigenvalue weighted by molar-refractivity contribution is 5.86. The zero-order chi connectivity index (χ0) is 20.1. The lowest BCUT2D eigenvalue weighted by atomic mass is 9.94. The van der Waals surface area contributed by atoms with Crippen LogP contribution in [-0.2, 0) is 32.0 Å². The molecule has 1 aromatic rings. The van der Waals surface area contributed by atoms with Gasteiger partial charge >= 0.3 is 12.1 Å². The molecule has 0 N–H and O–H groups in total. The monoisotopic (exact) mass is 389 g/mol. The van der Waals surface area contributed by atoms with Crippen molar-refractivity contribution in [2.45, 2.75) is 25.9 Å². The molecule has 2 aliphatic heterocycles. The Labute approximate surface area is 165 Å². The molecule has 1 saturated heterocycles. The third-order valence-corrected chi connectivity index (χ3v) is 5.30. The first-order valence-corrected chi connectivity index (χ1v) is 9.61. The molecule has 1 aromatic carbocycles. The Balaban J connectivity index is 1.63. The van der Waals surface area contributed by atoms with Crippen molar-refractivity contribution in [2.75, 3.05) is 46.4 Å². The number of fused-ring (bicyclic) bond motifs is 1. The number of amides is 2. The maximum Gasteiger partial charge on any atom is 0.409 e. The Morgan fingerprint density at radius 1 is 1.07 bits per heavy atom. The van der Waals surface area contributed by atoms with Crippen LogP contribution in [0.2, 0.25) is 0 Å². The number of carbonyl (C=O) groups excluding carboxylic acids is 3. The van der Waals surface area contributed by atoms with Gasteiger partial charge in [0.15, 0.2) is 0 Å². The summed E-state index contributed by atoms with van der Waals surface area (Å²) in [6, 6.07) is 7.25. The number of rotatable bonds is 4. The van der Waals surface area contributed by atoms with Gasteiger partial charge in [-0.05, 0) is 18.1 Å². The lowest BCUT2D eigenvalue weighted by molar-refractivity contribution is -0.154. The van der Waals surface area contributed by atoms with Gasteiger partial charge in [-0.25, -0.2) is 9.59 Å². The molecule has 1 atom stereocenters. The number of ether oxygens (including phenoxy) is 2. The van der Waals surface area contributed by atoms with Crippen molar-refractivity contribution in [3.05, 3.63) is 35.4 Å². The summed E-state index contributed by atoms with van der Waals surface area (Å²) in [6.45, 7) is 4.98. The Hall–Kier alpha value is -2.61. The summed E-state index contributed by atoms with van der Waals surface area (Å²) < 4.78 is 9.95. The van der Waals surface area contributed by atoms with Gasteiger partial charge in [0.1, 0.15) is 6.04 Å². The number of esters is 1. The Morgan fingerprint density at radius 3 is 2.39 bits per heavy atom. The molecular formula is C20H27N3O5. The van der Waals surface area contributed by atoms with Crippen LogP contribution >= 0.6 is 0 Å². The highest BCUT2D eigenvalue weighted by atomic mass is 16.6. The van der Waals surface area contributed by atoms with Crippen molar-refractivity contribution >= 4 is 18.0 Å². The normalized spacial score (nSPS) is 19.7. The van der Waals surface area contributed by atoms with Crippen LogP contribution in [0.4, 0.5) is 4.79 Å². The molecule has 0 spiro atoms. The first-order chi connectivity index (χ1) is 13.5. The third kappa shape index (κ3) is 4.44. The number of hydrogen-bond donors (Lipinski definition) is 0. The number of nitrogens with zero attached hydrogens (tertiary/aromatic N) is 3. The van der Waals surface area contributed by atoms with E-state index < -0.39 is 12.0 Å². The molecule has 2 heterocycles. The third-order valence-electron chi connectivity index (χ3n) is 5.30. The summed E-state index contributed by atoms with van der Waals surface area (Å²) >= 11 is 0. The lowest BCUT2D eigenvalue weighted by Gasteiger charge is -2.38. The summed E-state index contributed by atoms with van der Waals surface area (Å²) in [5.74, 6) is -0.496. The van der Waals surface area contributed by atoms with Gasteiger partial charge < -0.3 is 19.3 Å². The van der Waals surface area contributed by atoms with E-state index in [-0.39, 0.29) is 18.5 Å². The van der Waals surface area contributed by atoms with E-state index in [1.54, 1.807) is 16.7 Å². The molecule has 0 bridgehead atoms. The fraction of sp³-hybridized carbons (Fsp3) is 0.550. The van der Waals surface area contributed by atoms with Gasteiger partial charge in [0.05, 0.1) is 20.3 Å². The first kappa shape index (κ1) is 20.1. The average Bonchev–Trinajstić information content (AvgIpc) is 2.72. The van der Waals surface area contributed by atoms with E-state index in [0.717, 1.165) is 11.1 Å². The second-order valence-electron chi connectivity index (χ2n) is 7.00. The Kier molecular flexibility index (Phi) is 6.51. The molecule has 3 rings (SSSR count). The van der Waals surface area contributed by atoms with Crippen molar-refractivity contribution in [1.82, 2.24) is 14.7 Å². The standard InChI is InChI=1S/C20H27N3O5/c1-3-28-20(26)22-10-8-21(9-11-22)14-18(24)23-13-16-7-5-4-6-15(16)12-17(23)19(25)27-2/h4-7,17H,3,8-14H2,1-2H3/t17-/m1/s1. The maximum absolute atomic E-state index is 13.0. The predicted molar refractivity (Wildman–Crippen MR) is 102 cm³/mol. The second-order valence-corrected chi connectivity index (χ2v) is 7.00. The van der Waals surface area contributed by atoms with Crippen LogP contribution in [0.5, 0.6) is 0 Å². The van der Waals surface area contributed by atoms with Crippen molar-refractivity contribution < 1.29 is 23.9 Å². The molecule has 0 unspecified atom stereocenters. The quantitative estimate of drug-likeness (QED) is 0.712. The van der Waals surface area contributed by atoms with E-state index in [2.05, 4.69) is 0 Å². The molecule has 0 aliphatic carbocycles. The van der Waals surface area contributed by atoms with E-state index >= 15 is 0 Å². The number of benzene rings is 1. The highest BCUT2D eigenvalue weighted by Gasteiger charge is 2.36. The molecular weight excluding hydrogens is 362 g/mol. The summed E-state index contributed by atoms with van der Waals surface area (Å²) in [6.07, 6.45) is 0.150. The molecule has 8 heteroatoms. The predicted octanol–water partition coefficient (Wildman–Crippen LogP) is 0.887. The van der Waals surface area contributed by atoms with Crippen LogP contribution < -0.4 is 0 Å². The van der Waals surface area contributed by atoms with Crippen LogP contribution in [0.15, 0.2) is 24.3 Å². The minimum Gasteiger partial charge on any atom is -0.467 e. The smallest absolute Gasteiger partial charge is 0.409 e. The van der Waals surface area contributed by atoms with Crippen LogP contribution in [0, 0.1) is 0 Å². The molecule has 1 fully saturated rings. The van der Waals surface area contributed by atoms with Crippen molar-refractivity contribution in [3.8, 4) is 0 Å². The van der Waals surface area contributed by atoms with Crippen molar-refractivity contribution in [2.24, 2.45) is 0 Å². The topological polar surface area (TPSA) is 79.4 Å². The molecule has 2 aliphatic rings. The molecule has 28 heavy (non-hydrogen) atoms. The van der Waals surface area contributed by atoms with Crippen LogP contribution in [0.1, 0.15) is 18.1 Å². The molecule has 0 radical (unpaired) electrons. The van der Waals surface area contributed by atoms with Crippen LogP contribution in [0.3, 0.4) is 0 Å². The molecule has 152 valence electrons. The Morgan fingerprint density at radius 2 is 1.75 bits per heavy atom. The van der Waals surface area contributed by atoms with Gasteiger partial charge in [-0.3, -0.25) is 9.69 Å². The van der Waals surface area contributed by atoms with Crippen LogP contribution in [0.25, 0.3) is 0 Å². The highest BCUT2D eigenvalue weighted by Crippen LogP contribution is 2.24. The minimum atomic E-state index is -0.603. The van der Waals surface area contributed by atoms with Gasteiger partial charge in [-0.1, -0.05) is 24.3 Å². The van der Waals surface area contributed by atoms with E-state index in [9.17, 15) is 14.4 Å². The fourth-order valence-electron chi connectivity index (χ4n) is 3.72. The maximum atomic E-state index is 13.0. The van der Waals surface area contributed by atoms with E-state index in [0.29, 0.717) is 45.8 Å². The summed E-state index contributed by atoms with van der Waals surface area (Å²) in [5.41, 5.74) is 2.13. The zero-order valence-corrected chi connectivity index (χ0v) is 16.4. The van der Waals surface area contributed by atoms with E-state index in [1.807, 2.05) is 29.2 Å². The number of hydrogen-bond acceptors (Lipinski definition) is 6. The van der Waals surface area contributed by atoms with Crippen molar-refractivity contribution in [1.29, 1.82) is 0 Å². The van der Waals surface area contributed by atoms with Gasteiger partial charge in [0.2, 0.25) is 5.91 Å². The number of methoxy groups -OCH3 is 1. The Bertz CT molecular complexity index is 730. The lowest BCUT2D eigenvalue weighted by Crippen LogP contribution is -2.55. The SMILES string of the molecule is CCOC(=O)N1CCN(CC(=O)N2Cc3ccccc3C[C@@H]2C(=O)OC)CC1. The van der Waals surface area contributed by atoms with E-state index in [4.69, 9.17) is 9.47 Å². The number of piperazine rings is 1. The molecule has 2 amide bonds. The molecule has 8 nitrogen and oxygen atoms in total. The first-order valence-electron chi connectivity index (χ1n) is 9.61. The van der Waals surface area contributed by atoms with Gasteiger partial charge in [0.25, 0.3) is 0 Å². The number of carbonyl (C=O) groups is 3. The largest absolute Gasteiger partial charge is 0.467 e. The zero-order valence-electron chi connectivity index (χ0n) is 16.4. The van der Waals surface area contributed by atoms with Crippen molar-refractivity contribution in [3.63, 3.8) is 0 Å². The summed E-state index contributed by atoms with van der Waals surface area (Å²) in [5, 5.41) is 0. The van der Waals surface area contributed by atoms with Gasteiger partial charge in [-0.15, -0.1) is 0 Å². The van der Waals surface area contributed by atoms with Gasteiger partial charge in [0, 0.05) is 39.1 Å². The molecule has 0 aromatic heterocycles. The van der Waals surface area contributed by atoms with Gasteiger partial charge in [-0.2, -0.15) is 0 Å². The second kappa shape index (κ2) is 9.05. The summed E-state index contributed by atoms with van der Waals surface area (Å²) in [4.78, 5) is 42.3. The minimum absolute atomic E-state index is 0.102. The molecule has 0 saturated carbocycles. The average molecular weight is 389 g/mol.